The van der Waals surface area contributed by atoms with E-state index >= 15 is 0 Å². The number of piperidine rings is 1. The van der Waals surface area contributed by atoms with E-state index in [2.05, 4.69) is 20.5 Å². The number of alkyl halides is 2. The highest BCUT2D eigenvalue weighted by Gasteiger charge is 2.32. The Morgan fingerprint density at radius 3 is 2.39 bits per heavy atom. The molecule has 1 aliphatic rings. The Labute approximate surface area is 191 Å². The molecule has 9 nitrogen and oxygen atoms in total. The highest BCUT2D eigenvalue weighted by Crippen LogP contribution is 2.26. The maximum absolute atomic E-state index is 12.4. The molecule has 0 spiro atoms. The second kappa shape index (κ2) is 12.0. The molecule has 33 heavy (non-hydrogen) atoms. The van der Waals surface area contributed by atoms with Crippen LogP contribution in [0.25, 0.3) is 16.7 Å². The fourth-order valence-corrected chi connectivity index (χ4v) is 3.11. The summed E-state index contributed by atoms with van der Waals surface area (Å²) in [4.78, 5) is 21.3. The molecule has 0 aromatic carbocycles. The van der Waals surface area contributed by atoms with E-state index in [9.17, 15) is 13.6 Å². The maximum atomic E-state index is 12.4. The van der Waals surface area contributed by atoms with Crippen molar-refractivity contribution >= 4 is 23.2 Å². The van der Waals surface area contributed by atoms with Crippen LogP contribution in [-0.4, -0.2) is 57.6 Å². The Morgan fingerprint density at radius 1 is 1.18 bits per heavy atom. The fourth-order valence-electron chi connectivity index (χ4n) is 3.11. The lowest BCUT2D eigenvalue weighted by Crippen LogP contribution is -2.36. The first-order chi connectivity index (χ1) is 15.9. The number of nitrogens with zero attached hydrogens (tertiary/aromatic N) is 5. The SMILES string of the molecule is CC.CN1CCC(F)(F)CC1.N/N=C(\NN)c1ccc(-n2ccc3cc(C=O)cnc32)cn1. The first-order valence-electron chi connectivity index (χ1n) is 10.6. The number of nitrogens with two attached hydrogens (primary N) is 2. The molecule has 0 amide bonds. The van der Waals surface area contributed by atoms with Crippen LogP contribution in [0, 0.1) is 0 Å². The lowest BCUT2D eigenvalue weighted by molar-refractivity contribution is -0.0504. The van der Waals surface area contributed by atoms with Gasteiger partial charge in [-0.3, -0.25) is 14.3 Å². The highest BCUT2D eigenvalue weighted by molar-refractivity contribution is 5.96. The smallest absolute Gasteiger partial charge is 0.250 e. The number of halogens is 2. The number of pyridine rings is 2. The number of hydrazine groups is 1. The average Bonchev–Trinajstić information content (AvgIpc) is 3.27. The molecule has 11 heteroatoms. The van der Waals surface area contributed by atoms with Crippen LogP contribution in [0.3, 0.4) is 0 Å². The molecule has 0 radical (unpaired) electrons. The van der Waals surface area contributed by atoms with Crippen LogP contribution in [0.1, 0.15) is 42.7 Å². The van der Waals surface area contributed by atoms with E-state index in [4.69, 9.17) is 11.7 Å². The minimum atomic E-state index is -2.38. The number of hydrogen-bond donors (Lipinski definition) is 3. The number of amidine groups is 1. The molecule has 0 atom stereocenters. The summed E-state index contributed by atoms with van der Waals surface area (Å²) >= 11 is 0. The molecule has 0 aliphatic carbocycles. The van der Waals surface area contributed by atoms with Crippen LogP contribution < -0.4 is 17.1 Å². The number of nitrogens with one attached hydrogen (secondary N) is 1. The second-order valence-electron chi connectivity index (χ2n) is 7.17. The van der Waals surface area contributed by atoms with Crippen molar-refractivity contribution in [3.8, 4) is 5.69 Å². The summed E-state index contributed by atoms with van der Waals surface area (Å²) in [5.74, 6) is 8.42. The molecule has 1 saturated heterocycles. The van der Waals surface area contributed by atoms with Crippen molar-refractivity contribution in [1.29, 1.82) is 0 Å². The zero-order valence-corrected chi connectivity index (χ0v) is 19.0. The van der Waals surface area contributed by atoms with E-state index in [-0.39, 0.29) is 18.7 Å². The van der Waals surface area contributed by atoms with Gasteiger partial charge in [-0.2, -0.15) is 5.10 Å². The zero-order valence-electron chi connectivity index (χ0n) is 19.0. The summed E-state index contributed by atoms with van der Waals surface area (Å²) in [7, 11) is 1.87. The third kappa shape index (κ3) is 6.77. The fraction of sp³-hybridized carbons (Fsp3) is 0.364. The van der Waals surface area contributed by atoms with Gasteiger partial charge in [0.15, 0.2) is 12.1 Å². The molecule has 1 fully saturated rings. The number of fused-ring (bicyclic) bond motifs is 1. The normalized spacial score (nSPS) is 15.6. The Hall–Kier alpha value is -3.44. The van der Waals surface area contributed by atoms with Crippen LogP contribution >= 0.6 is 0 Å². The summed E-state index contributed by atoms with van der Waals surface area (Å²) < 4.78 is 26.6. The van der Waals surface area contributed by atoms with Gasteiger partial charge in [-0.1, -0.05) is 13.8 Å². The number of likely N-dealkylation sites (tertiary alicyclic amines) is 1. The first kappa shape index (κ1) is 25.8. The molecule has 3 aromatic rings. The molecule has 178 valence electrons. The number of rotatable bonds is 3. The lowest BCUT2D eigenvalue weighted by Gasteiger charge is -2.28. The summed E-state index contributed by atoms with van der Waals surface area (Å²) in [5.41, 5.74) is 5.00. The number of carbonyl (C=O) groups excluding carboxylic acids is 1. The number of aromatic nitrogens is 3. The van der Waals surface area contributed by atoms with Gasteiger partial charge in [0, 0.05) is 49.3 Å². The van der Waals surface area contributed by atoms with Gasteiger partial charge in [-0.25, -0.2) is 19.6 Å². The first-order valence-corrected chi connectivity index (χ1v) is 10.6. The summed E-state index contributed by atoms with van der Waals surface area (Å²) in [5, 5.41) is 4.38. The van der Waals surface area contributed by atoms with Gasteiger partial charge in [-0.05, 0) is 31.3 Å². The van der Waals surface area contributed by atoms with Crippen LogP contribution in [0.4, 0.5) is 8.78 Å². The third-order valence-electron chi connectivity index (χ3n) is 4.94. The van der Waals surface area contributed by atoms with Gasteiger partial charge in [0.25, 0.3) is 5.92 Å². The predicted octanol–water partition coefficient (Wildman–Crippen LogP) is 2.69. The van der Waals surface area contributed by atoms with Crippen molar-refractivity contribution in [2.45, 2.75) is 32.6 Å². The number of hydrogen-bond acceptors (Lipinski definition) is 7. The van der Waals surface area contributed by atoms with Gasteiger partial charge in [0.1, 0.15) is 11.3 Å². The van der Waals surface area contributed by atoms with E-state index in [0.717, 1.165) is 23.0 Å². The Kier molecular flexibility index (Phi) is 9.37. The van der Waals surface area contributed by atoms with E-state index < -0.39 is 5.92 Å². The average molecular weight is 461 g/mol. The summed E-state index contributed by atoms with van der Waals surface area (Å²) in [6, 6.07) is 7.26. The van der Waals surface area contributed by atoms with E-state index in [1.807, 2.05) is 48.7 Å². The van der Waals surface area contributed by atoms with Gasteiger partial charge < -0.3 is 16.2 Å². The van der Waals surface area contributed by atoms with Crippen LogP contribution in [0.5, 0.6) is 0 Å². The van der Waals surface area contributed by atoms with Gasteiger partial charge in [-0.15, -0.1) is 0 Å². The third-order valence-corrected chi connectivity index (χ3v) is 4.94. The van der Waals surface area contributed by atoms with E-state index in [1.165, 1.54) is 6.20 Å². The van der Waals surface area contributed by atoms with Crippen molar-refractivity contribution in [3.63, 3.8) is 0 Å². The minimum Gasteiger partial charge on any atom is -0.321 e. The highest BCUT2D eigenvalue weighted by atomic mass is 19.3. The molecule has 3 aromatic heterocycles. The Bertz CT molecular complexity index is 1060. The Balaban J connectivity index is 0.000000293. The topological polar surface area (TPSA) is 127 Å². The molecular formula is C22H30F2N8O. The van der Waals surface area contributed by atoms with Crippen molar-refractivity contribution < 1.29 is 13.6 Å². The molecule has 4 heterocycles. The molecule has 4 rings (SSSR count). The van der Waals surface area contributed by atoms with Gasteiger partial charge >= 0.3 is 0 Å². The van der Waals surface area contributed by atoms with Crippen molar-refractivity contribution in [3.05, 3.63) is 54.1 Å². The molecule has 1 aliphatic heterocycles. The number of carbonyl (C=O) groups is 1. The van der Waals surface area contributed by atoms with Crippen LogP contribution in [-0.2, 0) is 0 Å². The number of aldehydes is 1. The second-order valence-corrected chi connectivity index (χ2v) is 7.17. The molecular weight excluding hydrogens is 430 g/mol. The van der Waals surface area contributed by atoms with Crippen molar-refractivity contribution in [2.75, 3.05) is 20.1 Å². The zero-order chi connectivity index (χ0) is 24.4. The molecule has 0 saturated carbocycles. The van der Waals surface area contributed by atoms with Gasteiger partial charge in [0.05, 0.1) is 11.9 Å². The van der Waals surface area contributed by atoms with Crippen molar-refractivity contribution in [2.24, 2.45) is 16.8 Å². The molecule has 0 unspecified atom stereocenters. The predicted molar refractivity (Wildman–Crippen MR) is 125 cm³/mol. The minimum absolute atomic E-state index is 0.0312. The summed E-state index contributed by atoms with van der Waals surface area (Å²) in [6.07, 6.45) is 5.89. The monoisotopic (exact) mass is 460 g/mol. The standard InChI is InChI=1S/C14H13N7O.C6H11F2N.C2H6/c15-19-13(20-16)12-2-1-11(7-17-12)21-4-3-10-5-9(8-22)6-18-14(10)21;1-9-4-2-6(7,8)3-5-9;1-2/h1-8H,15-16H2,(H,19,20);2-5H2,1H3;1-2H3. The molecule has 0 bridgehead atoms. The quantitative estimate of drug-likeness (QED) is 0.180. The lowest BCUT2D eigenvalue weighted by atomic mass is 10.1. The molecule has 5 N–H and O–H groups in total. The van der Waals surface area contributed by atoms with E-state index in [1.54, 1.807) is 18.3 Å². The largest absolute Gasteiger partial charge is 0.321 e. The van der Waals surface area contributed by atoms with Crippen molar-refractivity contribution in [1.82, 2.24) is 24.9 Å². The summed E-state index contributed by atoms with van der Waals surface area (Å²) in [6.45, 7) is 5.07. The van der Waals surface area contributed by atoms with E-state index in [0.29, 0.717) is 24.3 Å². The van der Waals surface area contributed by atoms with Gasteiger partial charge in [0.2, 0.25) is 0 Å². The number of hydrazone groups is 1. The van der Waals surface area contributed by atoms with Crippen LogP contribution in [0.15, 0.2) is 48.0 Å². The maximum Gasteiger partial charge on any atom is 0.250 e. The van der Waals surface area contributed by atoms with Crippen LogP contribution in [0.2, 0.25) is 0 Å². The Morgan fingerprint density at radius 2 is 1.88 bits per heavy atom.